The summed E-state index contributed by atoms with van der Waals surface area (Å²) < 4.78 is 0. The number of nitrogens with two attached hydrogens (primary N) is 1. The van der Waals surface area contributed by atoms with Gasteiger partial charge in [0.25, 0.3) is 0 Å². The lowest BCUT2D eigenvalue weighted by atomic mass is 9.99. The van der Waals surface area contributed by atoms with Gasteiger partial charge in [0.05, 0.1) is 0 Å². The van der Waals surface area contributed by atoms with Crippen molar-refractivity contribution in [3.05, 3.63) is 63.6 Å². The fourth-order valence-electron chi connectivity index (χ4n) is 2.03. The van der Waals surface area contributed by atoms with E-state index >= 15 is 0 Å². The van der Waals surface area contributed by atoms with E-state index in [-0.39, 0.29) is 11.8 Å². The Balaban J connectivity index is 2.03. The molecule has 0 amide bonds. The van der Waals surface area contributed by atoms with Crippen LogP contribution in [0, 0.1) is 0 Å². The third kappa shape index (κ3) is 4.13. The van der Waals surface area contributed by atoms with Gasteiger partial charge in [-0.3, -0.25) is 0 Å². The average Bonchev–Trinajstić information content (AvgIpc) is 2.33. The number of benzene rings is 2. The van der Waals surface area contributed by atoms with E-state index < -0.39 is 0 Å². The molecule has 2 aromatic rings. The summed E-state index contributed by atoms with van der Waals surface area (Å²) in [5.41, 5.74) is 8.12. The van der Waals surface area contributed by atoms with Crippen LogP contribution < -0.4 is 5.73 Å². The quantitative estimate of drug-likeness (QED) is 0.901. The van der Waals surface area contributed by atoms with Crippen LogP contribution in [0.2, 0.25) is 10.0 Å². The first-order valence-corrected chi connectivity index (χ1v) is 6.77. The normalized spacial score (nSPS) is 12.4. The molecule has 0 fully saturated rings. The standard InChI is InChI=1S/C15H15Cl2NO/c16-12-5-4-11(15(17)9-12)8-13(18)6-10-2-1-3-14(19)7-10/h1-5,7,9,13,19H,6,8,18H2. The van der Waals surface area contributed by atoms with Crippen molar-refractivity contribution < 1.29 is 5.11 Å². The van der Waals surface area contributed by atoms with Crippen LogP contribution in [0.25, 0.3) is 0 Å². The van der Waals surface area contributed by atoms with Crippen LogP contribution in [0.4, 0.5) is 0 Å². The van der Waals surface area contributed by atoms with Gasteiger partial charge in [0.2, 0.25) is 0 Å². The molecule has 0 aliphatic rings. The maximum Gasteiger partial charge on any atom is 0.115 e. The molecule has 2 rings (SSSR count). The van der Waals surface area contributed by atoms with Crippen LogP contribution >= 0.6 is 23.2 Å². The molecular weight excluding hydrogens is 281 g/mol. The van der Waals surface area contributed by atoms with Gasteiger partial charge in [-0.15, -0.1) is 0 Å². The summed E-state index contributed by atoms with van der Waals surface area (Å²) >= 11 is 12.0. The monoisotopic (exact) mass is 295 g/mol. The fraction of sp³-hybridized carbons (Fsp3) is 0.200. The topological polar surface area (TPSA) is 46.2 Å². The number of phenolic OH excluding ortho intramolecular Hbond substituents is 1. The Morgan fingerprint density at radius 1 is 1.05 bits per heavy atom. The molecule has 1 atom stereocenters. The Hall–Kier alpha value is -1.22. The minimum absolute atomic E-state index is 0.0551. The number of hydrogen-bond acceptors (Lipinski definition) is 2. The lowest BCUT2D eigenvalue weighted by Gasteiger charge is -2.13. The van der Waals surface area contributed by atoms with E-state index in [9.17, 15) is 5.11 Å². The lowest BCUT2D eigenvalue weighted by molar-refractivity contribution is 0.474. The molecular formula is C15H15Cl2NO. The maximum atomic E-state index is 9.41. The Kier molecular flexibility index (Phi) is 4.70. The molecule has 0 radical (unpaired) electrons. The Bertz CT molecular complexity index is 572. The molecule has 0 spiro atoms. The summed E-state index contributed by atoms with van der Waals surface area (Å²) in [6.45, 7) is 0. The van der Waals surface area contributed by atoms with Crippen LogP contribution in [-0.4, -0.2) is 11.1 Å². The minimum atomic E-state index is -0.0551. The number of aromatic hydroxyl groups is 1. The Morgan fingerprint density at radius 2 is 1.84 bits per heavy atom. The summed E-state index contributed by atoms with van der Waals surface area (Å²) in [4.78, 5) is 0. The van der Waals surface area contributed by atoms with E-state index in [1.54, 1.807) is 18.2 Å². The second-order valence-corrected chi connectivity index (χ2v) is 5.42. The van der Waals surface area contributed by atoms with Gasteiger partial charge in [-0.25, -0.2) is 0 Å². The van der Waals surface area contributed by atoms with Gasteiger partial charge in [-0.2, -0.15) is 0 Å². The zero-order valence-corrected chi connectivity index (χ0v) is 11.8. The van der Waals surface area contributed by atoms with E-state index in [0.717, 1.165) is 11.1 Å². The van der Waals surface area contributed by atoms with Gasteiger partial charge < -0.3 is 10.8 Å². The summed E-state index contributed by atoms with van der Waals surface area (Å²) in [6.07, 6.45) is 1.36. The highest BCUT2D eigenvalue weighted by Gasteiger charge is 2.09. The maximum absolute atomic E-state index is 9.41. The minimum Gasteiger partial charge on any atom is -0.508 e. The number of hydrogen-bond donors (Lipinski definition) is 2. The first-order valence-electron chi connectivity index (χ1n) is 6.02. The lowest BCUT2D eigenvalue weighted by Crippen LogP contribution is -2.25. The Labute approximate surface area is 122 Å². The van der Waals surface area contributed by atoms with Crippen molar-refractivity contribution in [1.82, 2.24) is 0 Å². The molecule has 1 unspecified atom stereocenters. The molecule has 2 aromatic carbocycles. The highest BCUT2D eigenvalue weighted by molar-refractivity contribution is 6.35. The molecule has 2 nitrogen and oxygen atoms in total. The molecule has 19 heavy (non-hydrogen) atoms. The highest BCUT2D eigenvalue weighted by Crippen LogP contribution is 2.22. The van der Waals surface area contributed by atoms with E-state index in [2.05, 4.69) is 0 Å². The van der Waals surface area contributed by atoms with Crippen molar-refractivity contribution >= 4 is 23.2 Å². The zero-order valence-electron chi connectivity index (χ0n) is 10.3. The van der Waals surface area contributed by atoms with Crippen LogP contribution in [-0.2, 0) is 12.8 Å². The first kappa shape index (κ1) is 14.2. The molecule has 4 heteroatoms. The molecule has 0 aliphatic heterocycles. The van der Waals surface area contributed by atoms with Crippen LogP contribution in [0.15, 0.2) is 42.5 Å². The summed E-state index contributed by atoms with van der Waals surface area (Å²) in [5, 5.41) is 10.7. The predicted octanol–water partition coefficient (Wildman–Crippen LogP) is 3.81. The van der Waals surface area contributed by atoms with Gasteiger partial charge >= 0.3 is 0 Å². The van der Waals surface area contributed by atoms with Gasteiger partial charge in [-0.1, -0.05) is 41.4 Å². The fourth-order valence-corrected chi connectivity index (χ4v) is 2.51. The van der Waals surface area contributed by atoms with Crippen molar-refractivity contribution in [2.24, 2.45) is 5.73 Å². The van der Waals surface area contributed by atoms with Crippen molar-refractivity contribution in [2.75, 3.05) is 0 Å². The molecule has 3 N–H and O–H groups in total. The SMILES string of the molecule is NC(Cc1cccc(O)c1)Cc1ccc(Cl)cc1Cl. The summed E-state index contributed by atoms with van der Waals surface area (Å²) in [5.74, 6) is 0.259. The van der Waals surface area contributed by atoms with Crippen LogP contribution in [0.3, 0.4) is 0 Å². The van der Waals surface area contributed by atoms with E-state index in [1.165, 1.54) is 0 Å². The van der Waals surface area contributed by atoms with Gasteiger partial charge in [0, 0.05) is 16.1 Å². The Morgan fingerprint density at radius 3 is 2.53 bits per heavy atom. The number of halogens is 2. The second kappa shape index (κ2) is 6.29. The van der Waals surface area contributed by atoms with Gasteiger partial charge in [0.1, 0.15) is 5.75 Å². The smallest absolute Gasteiger partial charge is 0.115 e. The van der Waals surface area contributed by atoms with Crippen molar-refractivity contribution in [3.63, 3.8) is 0 Å². The molecule has 0 aliphatic carbocycles. The highest BCUT2D eigenvalue weighted by atomic mass is 35.5. The van der Waals surface area contributed by atoms with Gasteiger partial charge in [0.15, 0.2) is 0 Å². The molecule has 0 saturated carbocycles. The molecule has 0 heterocycles. The van der Waals surface area contributed by atoms with Crippen molar-refractivity contribution in [2.45, 2.75) is 18.9 Å². The molecule has 100 valence electrons. The van der Waals surface area contributed by atoms with E-state index in [0.29, 0.717) is 22.9 Å². The first-order chi connectivity index (χ1) is 9.04. The molecule has 0 aromatic heterocycles. The number of phenols is 1. The third-order valence-corrected chi connectivity index (χ3v) is 3.49. The second-order valence-electron chi connectivity index (χ2n) is 4.57. The third-order valence-electron chi connectivity index (χ3n) is 2.91. The van der Waals surface area contributed by atoms with Gasteiger partial charge in [-0.05, 0) is 48.2 Å². The van der Waals surface area contributed by atoms with E-state index in [4.69, 9.17) is 28.9 Å². The zero-order chi connectivity index (χ0) is 13.8. The summed E-state index contributed by atoms with van der Waals surface area (Å²) in [6, 6.07) is 12.5. The predicted molar refractivity (Wildman–Crippen MR) is 80.0 cm³/mol. The molecule has 0 saturated heterocycles. The van der Waals surface area contributed by atoms with Crippen LogP contribution in [0.5, 0.6) is 5.75 Å². The van der Waals surface area contributed by atoms with Crippen molar-refractivity contribution in [1.29, 1.82) is 0 Å². The largest absolute Gasteiger partial charge is 0.508 e. The molecule has 0 bridgehead atoms. The van der Waals surface area contributed by atoms with Crippen LogP contribution in [0.1, 0.15) is 11.1 Å². The van der Waals surface area contributed by atoms with E-state index in [1.807, 2.05) is 24.3 Å². The average molecular weight is 296 g/mol. The summed E-state index contributed by atoms with van der Waals surface area (Å²) in [7, 11) is 0. The van der Waals surface area contributed by atoms with Crippen molar-refractivity contribution in [3.8, 4) is 5.75 Å². The number of rotatable bonds is 4.